The summed E-state index contributed by atoms with van der Waals surface area (Å²) in [6, 6.07) is 17.7. The van der Waals surface area contributed by atoms with Crippen LogP contribution >= 0.6 is 0 Å². The lowest BCUT2D eigenvalue weighted by molar-refractivity contribution is -0.129. The third-order valence-electron chi connectivity index (χ3n) is 6.91. The molecule has 0 aromatic heterocycles. The number of anilines is 2. The van der Waals surface area contributed by atoms with Crippen LogP contribution in [0.4, 0.5) is 11.4 Å². The number of carbonyl (C=O) groups excluding carboxylic acids is 3. The summed E-state index contributed by atoms with van der Waals surface area (Å²) >= 11 is 0. The highest BCUT2D eigenvalue weighted by Gasteiger charge is 2.41. The molecule has 3 amide bonds. The molecule has 0 saturated carbocycles. The van der Waals surface area contributed by atoms with Gasteiger partial charge < -0.3 is 20.4 Å². The second-order valence-electron chi connectivity index (χ2n) is 9.12. The lowest BCUT2D eigenvalue weighted by Crippen LogP contribution is -2.59. The second-order valence-corrected chi connectivity index (χ2v) is 9.12. The van der Waals surface area contributed by atoms with E-state index in [1.54, 1.807) is 30.7 Å². The van der Waals surface area contributed by atoms with Crippen LogP contribution in [0.3, 0.4) is 0 Å². The molecule has 1 heterocycles. The molecule has 0 saturated heterocycles. The van der Waals surface area contributed by atoms with Gasteiger partial charge in [0.1, 0.15) is 6.04 Å². The zero-order valence-electron chi connectivity index (χ0n) is 20.8. The van der Waals surface area contributed by atoms with Gasteiger partial charge in [-0.2, -0.15) is 0 Å². The number of aryl methyl sites for hydroxylation is 1. The summed E-state index contributed by atoms with van der Waals surface area (Å²) in [5.74, 6) is -0.743. The van der Waals surface area contributed by atoms with E-state index >= 15 is 0 Å². The molecule has 0 spiro atoms. The summed E-state index contributed by atoms with van der Waals surface area (Å²) in [6.07, 6.45) is 0. The van der Waals surface area contributed by atoms with Gasteiger partial charge in [-0.05, 0) is 61.9 Å². The first-order valence-electron chi connectivity index (χ1n) is 11.9. The van der Waals surface area contributed by atoms with Crippen LogP contribution in [0.5, 0.6) is 0 Å². The normalized spacial score (nSPS) is 18.7. The summed E-state index contributed by atoms with van der Waals surface area (Å²) in [5, 5.41) is 7.99. The number of hydrogen-bond acceptors (Lipinski definition) is 4. The number of fused-ring (bicyclic) bond motifs is 2. The maximum Gasteiger partial charge on any atom is 0.252 e. The average Bonchev–Trinajstić information content (AvgIpc) is 2.93. The second kappa shape index (κ2) is 9.88. The molecule has 3 aromatic rings. The third-order valence-corrected chi connectivity index (χ3v) is 6.91. The van der Waals surface area contributed by atoms with Gasteiger partial charge in [0.2, 0.25) is 11.8 Å². The van der Waals surface area contributed by atoms with E-state index in [-0.39, 0.29) is 17.7 Å². The van der Waals surface area contributed by atoms with Crippen molar-refractivity contribution >= 4 is 39.9 Å². The van der Waals surface area contributed by atoms with Gasteiger partial charge in [0, 0.05) is 6.92 Å². The van der Waals surface area contributed by atoms with Crippen molar-refractivity contribution in [1.29, 1.82) is 0 Å². The minimum absolute atomic E-state index is 0.193. The van der Waals surface area contributed by atoms with E-state index in [4.69, 9.17) is 0 Å². The fourth-order valence-electron chi connectivity index (χ4n) is 4.78. The highest BCUT2D eigenvalue weighted by molar-refractivity contribution is 6.08. The predicted molar refractivity (Wildman–Crippen MR) is 139 cm³/mol. The molecule has 1 aliphatic heterocycles. The van der Waals surface area contributed by atoms with Gasteiger partial charge in [-0.15, -0.1) is 0 Å². The molecule has 3 aromatic carbocycles. The Labute approximate surface area is 206 Å². The van der Waals surface area contributed by atoms with Crippen LogP contribution in [0.25, 0.3) is 10.8 Å². The van der Waals surface area contributed by atoms with Gasteiger partial charge in [0.25, 0.3) is 5.91 Å². The van der Waals surface area contributed by atoms with Crippen molar-refractivity contribution in [3.05, 3.63) is 71.8 Å². The van der Waals surface area contributed by atoms with Crippen molar-refractivity contribution in [3.8, 4) is 0 Å². The van der Waals surface area contributed by atoms with Crippen LogP contribution in [0, 0.1) is 6.92 Å². The van der Waals surface area contributed by atoms with Crippen molar-refractivity contribution in [2.75, 3.05) is 16.8 Å². The smallest absolute Gasteiger partial charge is 0.252 e. The number of amides is 3. The van der Waals surface area contributed by atoms with E-state index in [1.807, 2.05) is 43.3 Å². The monoisotopic (exact) mass is 472 g/mol. The molecule has 0 fully saturated rings. The number of likely N-dealkylation sites (N-methyl/N-ethyl adjacent to an activating group) is 1. The topological polar surface area (TPSA) is 81.8 Å². The number of carbonyl (C=O) groups is 3. The van der Waals surface area contributed by atoms with Gasteiger partial charge in [-0.25, -0.2) is 0 Å². The van der Waals surface area contributed by atoms with Crippen LogP contribution in [0.1, 0.15) is 31.9 Å². The lowest BCUT2D eigenvalue weighted by atomic mass is 9.98. The van der Waals surface area contributed by atoms with Crippen molar-refractivity contribution in [3.63, 3.8) is 0 Å². The van der Waals surface area contributed by atoms with Crippen LogP contribution < -0.4 is 20.4 Å². The van der Waals surface area contributed by atoms with E-state index in [1.165, 1.54) is 6.92 Å². The van der Waals surface area contributed by atoms with Gasteiger partial charge in [0.05, 0.1) is 30.0 Å². The molecule has 7 heteroatoms. The first-order valence-corrected chi connectivity index (χ1v) is 11.9. The van der Waals surface area contributed by atoms with E-state index in [0.29, 0.717) is 17.9 Å². The van der Waals surface area contributed by atoms with E-state index < -0.39 is 18.1 Å². The number of rotatable bonds is 5. The molecule has 35 heavy (non-hydrogen) atoms. The molecule has 4 rings (SSSR count). The Bertz CT molecular complexity index is 1290. The average molecular weight is 473 g/mol. The highest BCUT2D eigenvalue weighted by Crippen LogP contribution is 2.37. The predicted octanol–water partition coefficient (Wildman–Crippen LogP) is 3.53. The fraction of sp³-hybridized carbons (Fsp3) is 0.321. The Hall–Kier alpha value is -3.71. The Kier molecular flexibility index (Phi) is 6.89. The van der Waals surface area contributed by atoms with Crippen LogP contribution in [0.2, 0.25) is 0 Å². The van der Waals surface area contributed by atoms with E-state index in [2.05, 4.69) is 34.9 Å². The molecular formula is C28H32N4O3. The van der Waals surface area contributed by atoms with Crippen molar-refractivity contribution < 1.29 is 14.4 Å². The summed E-state index contributed by atoms with van der Waals surface area (Å²) in [5.41, 5.74) is 3.39. The van der Waals surface area contributed by atoms with Gasteiger partial charge >= 0.3 is 0 Å². The molecular weight excluding hydrogens is 440 g/mol. The highest BCUT2D eigenvalue weighted by atomic mass is 16.2. The summed E-state index contributed by atoms with van der Waals surface area (Å²) in [7, 11) is 1.69. The first kappa shape index (κ1) is 24.4. The van der Waals surface area contributed by atoms with Gasteiger partial charge in [-0.1, -0.05) is 48.5 Å². The SMILES string of the molecule is CNC(C)C(=O)N[C@@H]1C(=O)N(Cc2c(C)ccc3ccccc23)c2ccccc2N(C(C)=O)[C@H]1C. The Morgan fingerprint density at radius 2 is 1.66 bits per heavy atom. The number of para-hydroxylation sites is 2. The first-order chi connectivity index (χ1) is 16.7. The largest absolute Gasteiger partial charge is 0.341 e. The van der Waals surface area contributed by atoms with Gasteiger partial charge in [0.15, 0.2) is 0 Å². The molecule has 2 N–H and O–H groups in total. The minimum Gasteiger partial charge on any atom is -0.341 e. The fourth-order valence-corrected chi connectivity index (χ4v) is 4.78. The quantitative estimate of drug-likeness (QED) is 0.595. The number of nitrogens with zero attached hydrogens (tertiary/aromatic N) is 2. The Balaban J connectivity index is 1.87. The zero-order chi connectivity index (χ0) is 25.3. The summed E-state index contributed by atoms with van der Waals surface area (Å²) in [6.45, 7) is 7.37. The zero-order valence-corrected chi connectivity index (χ0v) is 20.8. The minimum atomic E-state index is -0.912. The number of nitrogens with one attached hydrogen (secondary N) is 2. The molecule has 3 atom stereocenters. The maximum absolute atomic E-state index is 14.1. The number of hydrogen-bond donors (Lipinski definition) is 2. The summed E-state index contributed by atoms with van der Waals surface area (Å²) in [4.78, 5) is 43.1. The van der Waals surface area contributed by atoms with E-state index in [0.717, 1.165) is 21.9 Å². The summed E-state index contributed by atoms with van der Waals surface area (Å²) < 4.78 is 0. The third kappa shape index (κ3) is 4.51. The van der Waals surface area contributed by atoms with E-state index in [9.17, 15) is 14.4 Å². The maximum atomic E-state index is 14.1. The van der Waals surface area contributed by atoms with Gasteiger partial charge in [-0.3, -0.25) is 14.4 Å². The molecule has 7 nitrogen and oxygen atoms in total. The molecule has 0 radical (unpaired) electrons. The van der Waals surface area contributed by atoms with Crippen LogP contribution in [-0.2, 0) is 20.9 Å². The number of benzene rings is 3. The van der Waals surface area contributed by atoms with Crippen molar-refractivity contribution in [2.45, 2.75) is 52.4 Å². The molecule has 1 unspecified atom stereocenters. The molecule has 0 bridgehead atoms. The lowest BCUT2D eigenvalue weighted by Gasteiger charge is -2.32. The van der Waals surface area contributed by atoms with Crippen LogP contribution in [-0.4, -0.2) is 42.9 Å². The van der Waals surface area contributed by atoms with Crippen molar-refractivity contribution in [2.24, 2.45) is 0 Å². The Morgan fingerprint density at radius 3 is 2.34 bits per heavy atom. The standard InChI is InChI=1S/C28H32N4O3/c1-17-14-15-21-10-6-7-11-22(21)23(17)16-31-24-12-8-9-13-25(24)32(20(4)33)19(3)26(28(31)35)30-27(34)18(2)29-5/h6-15,18-19,26,29H,16H2,1-5H3,(H,30,34)/t18?,19-,26-/m0/s1. The van der Waals surface area contributed by atoms with Crippen LogP contribution in [0.15, 0.2) is 60.7 Å². The molecule has 0 aliphatic carbocycles. The van der Waals surface area contributed by atoms with Crippen molar-refractivity contribution in [1.82, 2.24) is 10.6 Å². The Morgan fingerprint density at radius 1 is 1.00 bits per heavy atom. The molecule has 182 valence electrons. The molecule has 1 aliphatic rings.